The third-order valence-corrected chi connectivity index (χ3v) is 6.84. The Morgan fingerprint density at radius 2 is 2.00 bits per heavy atom. The number of nitrogens with zero attached hydrogens (tertiary/aromatic N) is 5. The molecule has 2 aromatic carbocycles. The lowest BCUT2D eigenvalue weighted by Gasteiger charge is -2.15. The first-order valence-electron chi connectivity index (χ1n) is 9.16. The largest absolute Gasteiger partial charge is 0.419 e. The Morgan fingerprint density at radius 3 is 2.67 bits per heavy atom. The molecule has 4 aromatic rings. The van der Waals surface area contributed by atoms with E-state index in [1.165, 1.54) is 23.1 Å². The van der Waals surface area contributed by atoms with Gasteiger partial charge in [-0.3, -0.25) is 14.9 Å². The van der Waals surface area contributed by atoms with Gasteiger partial charge in [0.05, 0.1) is 21.7 Å². The molecule has 0 N–H and O–H groups in total. The van der Waals surface area contributed by atoms with E-state index in [9.17, 15) is 27.7 Å². The molecule has 170 valence electrons. The molecule has 11 nitrogen and oxygen atoms in total. The number of nitro groups is 1. The number of halogens is 1. The van der Waals surface area contributed by atoms with Crippen LogP contribution in [0.3, 0.4) is 0 Å². The zero-order valence-electron chi connectivity index (χ0n) is 17.1. The highest BCUT2D eigenvalue weighted by atomic mass is 32.2. The lowest BCUT2D eigenvalue weighted by Crippen LogP contribution is -2.20. The Bertz CT molecular complexity index is 1570. The Kier molecular flexibility index (Phi) is 5.63. The SMILES string of the molecule is CN(Cc1nnc(-c2cccc(F)c2)o1)c1nc(=O)c2cc(S(C)(=O)=O)cc([N+](=O)[O-])c2s1. The van der Waals surface area contributed by atoms with E-state index in [2.05, 4.69) is 15.2 Å². The molecule has 0 amide bonds. The zero-order chi connectivity index (χ0) is 23.9. The third kappa shape index (κ3) is 4.56. The van der Waals surface area contributed by atoms with Crippen LogP contribution in [0.15, 0.2) is 50.5 Å². The molecule has 0 spiro atoms. The summed E-state index contributed by atoms with van der Waals surface area (Å²) in [7, 11) is -2.22. The van der Waals surface area contributed by atoms with Gasteiger partial charge in [-0.15, -0.1) is 10.2 Å². The van der Waals surface area contributed by atoms with E-state index in [0.29, 0.717) is 5.56 Å². The summed E-state index contributed by atoms with van der Waals surface area (Å²) in [5, 5.41) is 19.3. The molecule has 0 radical (unpaired) electrons. The molecule has 33 heavy (non-hydrogen) atoms. The maximum Gasteiger partial charge on any atom is 0.288 e. The molecule has 0 atom stereocenters. The van der Waals surface area contributed by atoms with Crippen molar-refractivity contribution in [3.05, 3.63) is 68.6 Å². The normalized spacial score (nSPS) is 11.6. The molecular formula is C19H14FN5O6S2. The van der Waals surface area contributed by atoms with E-state index in [1.807, 2.05) is 0 Å². The van der Waals surface area contributed by atoms with Crippen molar-refractivity contribution in [2.75, 3.05) is 18.2 Å². The molecule has 0 unspecified atom stereocenters. The Balaban J connectivity index is 1.71. The van der Waals surface area contributed by atoms with E-state index in [4.69, 9.17) is 4.42 Å². The van der Waals surface area contributed by atoms with E-state index < -0.39 is 31.8 Å². The van der Waals surface area contributed by atoms with Crippen molar-refractivity contribution < 1.29 is 22.1 Å². The first kappa shape index (κ1) is 22.4. The van der Waals surface area contributed by atoms with E-state index in [0.717, 1.165) is 29.7 Å². The Morgan fingerprint density at radius 1 is 1.24 bits per heavy atom. The van der Waals surface area contributed by atoms with Crippen molar-refractivity contribution >= 4 is 42.1 Å². The molecule has 0 aliphatic rings. The fraction of sp³-hybridized carbons (Fsp3) is 0.158. The molecule has 2 heterocycles. The number of anilines is 1. The van der Waals surface area contributed by atoms with Crippen molar-refractivity contribution in [2.45, 2.75) is 11.4 Å². The number of sulfone groups is 1. The second-order valence-electron chi connectivity index (χ2n) is 7.02. The summed E-state index contributed by atoms with van der Waals surface area (Å²) in [6, 6.07) is 7.61. The summed E-state index contributed by atoms with van der Waals surface area (Å²) in [6.45, 7) is 0.00594. The van der Waals surface area contributed by atoms with Gasteiger partial charge in [-0.2, -0.15) is 4.98 Å². The lowest BCUT2D eigenvalue weighted by atomic mass is 10.2. The molecule has 0 aliphatic heterocycles. The molecule has 0 saturated heterocycles. The van der Waals surface area contributed by atoms with Crippen LogP contribution in [0.25, 0.3) is 21.5 Å². The van der Waals surface area contributed by atoms with Crippen molar-refractivity contribution in [1.82, 2.24) is 15.2 Å². The number of benzene rings is 2. The number of hydrogen-bond donors (Lipinski definition) is 0. The van der Waals surface area contributed by atoms with E-state index in [1.54, 1.807) is 13.1 Å². The molecular weight excluding hydrogens is 477 g/mol. The number of non-ortho nitro benzene ring substituents is 1. The molecule has 0 bridgehead atoms. The highest BCUT2D eigenvalue weighted by molar-refractivity contribution is 7.90. The average Bonchev–Trinajstić information content (AvgIpc) is 3.20. The van der Waals surface area contributed by atoms with Gasteiger partial charge in [0.1, 0.15) is 10.5 Å². The Hall–Kier alpha value is -3.78. The van der Waals surface area contributed by atoms with Crippen LogP contribution in [0.2, 0.25) is 0 Å². The summed E-state index contributed by atoms with van der Waals surface area (Å²) >= 11 is 0.847. The molecule has 4 rings (SSSR count). The van der Waals surface area contributed by atoms with Gasteiger partial charge < -0.3 is 9.32 Å². The number of nitro benzene ring substituents is 1. The monoisotopic (exact) mass is 491 g/mol. The minimum atomic E-state index is -3.79. The fourth-order valence-electron chi connectivity index (χ4n) is 2.95. The minimum Gasteiger partial charge on any atom is -0.419 e. The highest BCUT2D eigenvalue weighted by Gasteiger charge is 2.23. The quantitative estimate of drug-likeness (QED) is 0.291. The zero-order valence-corrected chi connectivity index (χ0v) is 18.7. The van der Waals surface area contributed by atoms with Gasteiger partial charge in [-0.05, 0) is 24.3 Å². The second-order valence-corrected chi connectivity index (χ2v) is 10.0. The van der Waals surface area contributed by atoms with Gasteiger partial charge in [0.2, 0.25) is 11.8 Å². The van der Waals surface area contributed by atoms with Crippen molar-refractivity contribution in [1.29, 1.82) is 0 Å². The predicted molar refractivity (Wildman–Crippen MR) is 117 cm³/mol. The molecule has 0 fully saturated rings. The van der Waals surface area contributed by atoms with Crippen LogP contribution in [0.5, 0.6) is 0 Å². The van der Waals surface area contributed by atoms with Crippen molar-refractivity contribution in [2.24, 2.45) is 0 Å². The number of hydrogen-bond acceptors (Lipinski definition) is 11. The second kappa shape index (κ2) is 8.29. The fourth-order valence-corrected chi connectivity index (χ4v) is 4.64. The summed E-state index contributed by atoms with van der Waals surface area (Å²) in [6.07, 6.45) is 0.893. The molecule has 0 saturated carbocycles. The van der Waals surface area contributed by atoms with Crippen LogP contribution < -0.4 is 10.5 Å². The first-order valence-corrected chi connectivity index (χ1v) is 11.9. The number of aromatic nitrogens is 3. The van der Waals surface area contributed by atoms with Crippen LogP contribution in [-0.4, -0.2) is 41.8 Å². The van der Waals surface area contributed by atoms with Gasteiger partial charge in [-0.1, -0.05) is 17.4 Å². The third-order valence-electron chi connectivity index (χ3n) is 4.53. The Labute approximate surface area is 189 Å². The highest BCUT2D eigenvalue weighted by Crippen LogP contribution is 2.34. The standard InChI is InChI=1S/C19H14FN5O6S2/c1-24(9-15-22-23-18(31-15)10-4-3-5-11(20)6-10)19-21-17(26)13-7-12(33(2,29)30)8-14(25(27)28)16(13)32-19/h3-8H,9H2,1-2H3. The van der Waals surface area contributed by atoms with E-state index >= 15 is 0 Å². The number of rotatable bonds is 6. The number of fused-ring (bicyclic) bond motifs is 1. The summed E-state index contributed by atoms with van der Waals surface area (Å²) in [4.78, 5) is 28.5. The van der Waals surface area contributed by atoms with Gasteiger partial charge in [0.15, 0.2) is 15.0 Å². The molecule has 14 heteroatoms. The maximum absolute atomic E-state index is 13.4. The average molecular weight is 491 g/mol. The van der Waals surface area contributed by atoms with E-state index in [-0.39, 0.29) is 38.4 Å². The van der Waals surface area contributed by atoms with Crippen LogP contribution >= 0.6 is 11.3 Å². The van der Waals surface area contributed by atoms with Crippen LogP contribution in [0, 0.1) is 15.9 Å². The summed E-state index contributed by atoms with van der Waals surface area (Å²) < 4.78 is 42.7. The maximum atomic E-state index is 13.4. The smallest absolute Gasteiger partial charge is 0.288 e. The predicted octanol–water partition coefficient (Wildman–Crippen LogP) is 2.79. The molecule has 0 aliphatic carbocycles. The summed E-state index contributed by atoms with van der Waals surface area (Å²) in [5.41, 5.74) is -0.939. The lowest BCUT2D eigenvalue weighted by molar-refractivity contribution is -0.383. The summed E-state index contributed by atoms with van der Waals surface area (Å²) in [5.74, 6) is -0.225. The van der Waals surface area contributed by atoms with Gasteiger partial charge in [0, 0.05) is 24.9 Å². The minimum absolute atomic E-state index is 0.00594. The van der Waals surface area contributed by atoms with Crippen LogP contribution in [0.4, 0.5) is 15.2 Å². The van der Waals surface area contributed by atoms with Gasteiger partial charge in [-0.25, -0.2) is 12.8 Å². The van der Waals surface area contributed by atoms with Crippen LogP contribution in [-0.2, 0) is 16.4 Å². The van der Waals surface area contributed by atoms with Crippen molar-refractivity contribution in [3.63, 3.8) is 0 Å². The van der Waals surface area contributed by atoms with Gasteiger partial charge in [0.25, 0.3) is 11.2 Å². The van der Waals surface area contributed by atoms with Crippen molar-refractivity contribution in [3.8, 4) is 11.5 Å². The topological polar surface area (TPSA) is 149 Å². The van der Waals surface area contributed by atoms with Crippen LogP contribution in [0.1, 0.15) is 5.89 Å². The van der Waals surface area contributed by atoms with Gasteiger partial charge >= 0.3 is 0 Å². The first-order chi connectivity index (χ1) is 15.5. The molecule has 2 aromatic heterocycles.